The van der Waals surface area contributed by atoms with Crippen molar-refractivity contribution >= 4 is 55.9 Å². The zero-order valence-electron chi connectivity index (χ0n) is 32.2. The molecule has 8 aromatic carbocycles. The van der Waals surface area contributed by atoms with E-state index in [2.05, 4.69) is 102 Å². The maximum atomic E-state index is 9.15. The number of para-hydroxylation sites is 2. The zero-order valence-corrected chi connectivity index (χ0v) is 32.2. The molecule has 0 amide bonds. The predicted molar refractivity (Wildman–Crippen MR) is 245 cm³/mol. The van der Waals surface area contributed by atoms with Crippen LogP contribution < -0.4 is 5.43 Å². The van der Waals surface area contributed by atoms with Crippen LogP contribution in [0.2, 0.25) is 0 Å². The van der Waals surface area contributed by atoms with E-state index in [0.717, 1.165) is 88.5 Å². The van der Waals surface area contributed by atoms with Crippen LogP contribution in [-0.2, 0) is 0 Å². The molecule has 0 saturated heterocycles. The molecule has 282 valence electrons. The van der Waals surface area contributed by atoms with Crippen molar-refractivity contribution in [2.24, 2.45) is 5.10 Å². The second-order valence-corrected chi connectivity index (χ2v) is 14.8. The largest absolute Gasteiger partial charge is 0.456 e. The summed E-state index contributed by atoms with van der Waals surface area (Å²) in [6, 6.07) is 61.6. The van der Waals surface area contributed by atoms with Crippen molar-refractivity contribution < 1.29 is 4.42 Å². The Labute approximate surface area is 345 Å². The van der Waals surface area contributed by atoms with E-state index in [-0.39, 0.29) is 0 Å². The smallest absolute Gasteiger partial charge is 0.164 e. The average molecular weight is 771 g/mol. The molecule has 0 fully saturated rings. The first-order chi connectivity index (χ1) is 29.6. The lowest BCUT2D eigenvalue weighted by Gasteiger charge is -2.17. The van der Waals surface area contributed by atoms with E-state index in [4.69, 9.17) is 24.8 Å². The number of nitrogens with zero attached hydrogens (tertiary/aromatic N) is 4. The number of hydrogen-bond donors (Lipinski definition) is 2. The monoisotopic (exact) mass is 770 g/mol. The maximum absolute atomic E-state index is 9.15. The van der Waals surface area contributed by atoms with Crippen molar-refractivity contribution in [2.45, 2.75) is 0 Å². The van der Waals surface area contributed by atoms with Gasteiger partial charge in [0.1, 0.15) is 16.9 Å². The third kappa shape index (κ3) is 6.31. The first-order valence-electron chi connectivity index (χ1n) is 19.8. The molecular formula is C53H34N6O. The average Bonchev–Trinajstić information content (AvgIpc) is 3.71. The van der Waals surface area contributed by atoms with Gasteiger partial charge in [0.25, 0.3) is 0 Å². The molecule has 2 N–H and O–H groups in total. The molecule has 2 heterocycles. The Morgan fingerprint density at radius 3 is 1.95 bits per heavy atom. The van der Waals surface area contributed by atoms with Crippen LogP contribution >= 0.6 is 0 Å². The van der Waals surface area contributed by atoms with Crippen LogP contribution in [0.3, 0.4) is 0 Å². The molecule has 1 aliphatic rings. The van der Waals surface area contributed by atoms with Crippen molar-refractivity contribution in [1.82, 2.24) is 15.0 Å². The highest BCUT2D eigenvalue weighted by Gasteiger charge is 2.21. The molecule has 10 aromatic rings. The van der Waals surface area contributed by atoms with Gasteiger partial charge in [-0.3, -0.25) is 10.8 Å². The summed E-state index contributed by atoms with van der Waals surface area (Å²) < 4.78 is 6.27. The fourth-order valence-electron chi connectivity index (χ4n) is 8.05. The Morgan fingerprint density at radius 1 is 0.467 bits per heavy atom. The van der Waals surface area contributed by atoms with Crippen molar-refractivity contribution in [3.8, 4) is 56.4 Å². The SMILES string of the molecule is N=C1/C(=N\Nc2ccccc2)C=Cc2ccc3cc(-c4cccc(-c5nc(-c6ccc(-c7ccccc7)cc6)nc(-c6cccc7oc8ccccc8c67)n5)c4)ccc3c21. The van der Waals surface area contributed by atoms with Gasteiger partial charge in [0.05, 0.1) is 11.4 Å². The van der Waals surface area contributed by atoms with E-state index in [1.807, 2.05) is 103 Å². The van der Waals surface area contributed by atoms with Crippen molar-refractivity contribution in [3.05, 3.63) is 199 Å². The number of fused-ring (bicyclic) bond motifs is 6. The molecule has 0 aliphatic heterocycles. The molecular weight excluding hydrogens is 737 g/mol. The summed E-state index contributed by atoms with van der Waals surface area (Å²) in [5, 5.41) is 17.7. The molecule has 0 bridgehead atoms. The van der Waals surface area contributed by atoms with Crippen LogP contribution in [-0.4, -0.2) is 26.4 Å². The molecule has 1 aliphatic carbocycles. The lowest BCUT2D eigenvalue weighted by molar-refractivity contribution is 0.669. The number of hydrazone groups is 1. The Kier molecular flexibility index (Phi) is 8.48. The highest BCUT2D eigenvalue weighted by Crippen LogP contribution is 2.38. The number of allylic oxidation sites excluding steroid dienone is 1. The third-order valence-electron chi connectivity index (χ3n) is 11.0. The number of rotatable bonds is 7. The van der Waals surface area contributed by atoms with E-state index >= 15 is 0 Å². The normalized spacial score (nSPS) is 13.0. The highest BCUT2D eigenvalue weighted by atomic mass is 16.3. The van der Waals surface area contributed by atoms with Gasteiger partial charge in [0.15, 0.2) is 17.5 Å². The van der Waals surface area contributed by atoms with Crippen LogP contribution in [0.4, 0.5) is 5.69 Å². The summed E-state index contributed by atoms with van der Waals surface area (Å²) in [6.45, 7) is 0. The van der Waals surface area contributed by atoms with Gasteiger partial charge in [0, 0.05) is 33.0 Å². The molecule has 0 spiro atoms. The van der Waals surface area contributed by atoms with Crippen LogP contribution in [0.1, 0.15) is 11.1 Å². The lowest BCUT2D eigenvalue weighted by atomic mass is 9.88. The first kappa shape index (κ1) is 34.9. The van der Waals surface area contributed by atoms with Crippen molar-refractivity contribution in [1.29, 1.82) is 5.41 Å². The van der Waals surface area contributed by atoms with E-state index in [1.54, 1.807) is 0 Å². The molecule has 0 unspecified atom stereocenters. The molecule has 60 heavy (non-hydrogen) atoms. The van der Waals surface area contributed by atoms with Gasteiger partial charge >= 0.3 is 0 Å². The molecule has 0 radical (unpaired) electrons. The summed E-state index contributed by atoms with van der Waals surface area (Å²) in [7, 11) is 0. The number of anilines is 1. The minimum absolute atomic E-state index is 0.381. The number of nitrogens with one attached hydrogen (secondary N) is 2. The van der Waals surface area contributed by atoms with Gasteiger partial charge < -0.3 is 4.42 Å². The van der Waals surface area contributed by atoms with Crippen LogP contribution in [0.25, 0.3) is 95.2 Å². The molecule has 7 nitrogen and oxygen atoms in total. The Balaban J connectivity index is 0.993. The summed E-state index contributed by atoms with van der Waals surface area (Å²) >= 11 is 0. The van der Waals surface area contributed by atoms with E-state index in [9.17, 15) is 0 Å². The minimum atomic E-state index is 0.381. The fourth-order valence-corrected chi connectivity index (χ4v) is 8.05. The van der Waals surface area contributed by atoms with Gasteiger partial charge in [-0.05, 0) is 81.1 Å². The predicted octanol–water partition coefficient (Wildman–Crippen LogP) is 13.1. The molecule has 7 heteroatoms. The van der Waals surface area contributed by atoms with Gasteiger partial charge in [-0.1, -0.05) is 152 Å². The minimum Gasteiger partial charge on any atom is -0.456 e. The fraction of sp³-hybridized carbons (Fsp3) is 0. The number of hydrogen-bond acceptors (Lipinski definition) is 7. The van der Waals surface area contributed by atoms with Crippen LogP contribution in [0, 0.1) is 5.41 Å². The van der Waals surface area contributed by atoms with Crippen LogP contribution in [0.15, 0.2) is 198 Å². The topological polar surface area (TPSA) is 100 Å². The van der Waals surface area contributed by atoms with Crippen molar-refractivity contribution in [3.63, 3.8) is 0 Å². The second kappa shape index (κ2) is 14.6. The van der Waals surface area contributed by atoms with Gasteiger partial charge in [-0.25, -0.2) is 15.0 Å². The number of furan rings is 1. The summed E-state index contributed by atoms with van der Waals surface area (Å²) in [4.78, 5) is 15.4. The Morgan fingerprint density at radius 2 is 1.10 bits per heavy atom. The molecule has 11 rings (SSSR count). The first-order valence-corrected chi connectivity index (χ1v) is 19.8. The zero-order chi connectivity index (χ0) is 40.0. The lowest BCUT2D eigenvalue weighted by Crippen LogP contribution is -2.18. The molecule has 0 saturated carbocycles. The second-order valence-electron chi connectivity index (χ2n) is 14.8. The molecule has 0 atom stereocenters. The van der Waals surface area contributed by atoms with Gasteiger partial charge in [-0.2, -0.15) is 5.10 Å². The number of aromatic nitrogens is 3. The van der Waals surface area contributed by atoms with Gasteiger partial charge in [0.2, 0.25) is 0 Å². The maximum Gasteiger partial charge on any atom is 0.164 e. The van der Waals surface area contributed by atoms with E-state index in [1.165, 1.54) is 0 Å². The Hall–Kier alpha value is -8.29. The summed E-state index contributed by atoms with van der Waals surface area (Å²) in [5.41, 5.74) is 15.4. The standard InChI is InChI=1S/C53H34N6O/c54-50-45(59-58-41-15-5-2-6-16-41)30-28-35-23-26-39-31-38(27-29-42(39)48(35)50)37-13-9-14-40(32-37)52-55-51(36-24-21-34(22-25-36)33-11-3-1-4-12-33)56-53(57-52)44-18-10-20-47-49(44)43-17-7-8-19-46(43)60-47/h1-32,54,58H/b54-50?,59-45-. The highest BCUT2D eigenvalue weighted by molar-refractivity contribution is 6.55. The summed E-state index contributed by atoms with van der Waals surface area (Å²) in [5.74, 6) is 1.72. The number of benzene rings is 8. The summed E-state index contributed by atoms with van der Waals surface area (Å²) in [6.07, 6.45) is 3.92. The Bertz CT molecular complexity index is 3350. The molecule has 2 aromatic heterocycles. The van der Waals surface area contributed by atoms with E-state index in [0.29, 0.717) is 28.9 Å². The third-order valence-corrected chi connectivity index (χ3v) is 11.0. The van der Waals surface area contributed by atoms with Crippen LogP contribution in [0.5, 0.6) is 0 Å². The van der Waals surface area contributed by atoms with E-state index < -0.39 is 0 Å². The van der Waals surface area contributed by atoms with Crippen molar-refractivity contribution in [2.75, 3.05) is 5.43 Å². The quantitative estimate of drug-likeness (QED) is 0.157. The van der Waals surface area contributed by atoms with Gasteiger partial charge in [-0.15, -0.1) is 0 Å².